The zero-order valence-electron chi connectivity index (χ0n) is 22.8. The van der Waals surface area contributed by atoms with Crippen LogP contribution in [-0.4, -0.2) is 75.1 Å². The number of piperazine rings is 1. The third-order valence-electron chi connectivity index (χ3n) is 6.46. The Morgan fingerprint density at radius 3 is 1.90 bits per heavy atom. The van der Waals surface area contributed by atoms with Crippen LogP contribution >= 0.6 is 0 Å². The number of carbonyl (C=O) groups is 2. The van der Waals surface area contributed by atoms with Gasteiger partial charge in [-0.05, 0) is 66.2 Å². The second-order valence-corrected chi connectivity index (χ2v) is 9.10. The lowest BCUT2D eigenvalue weighted by atomic mass is 10.1. The maximum absolute atomic E-state index is 13.1. The third kappa shape index (κ3) is 6.80. The largest absolute Gasteiger partial charge is 0.493 e. The Hall–Kier alpha value is -4.77. The van der Waals surface area contributed by atoms with Crippen molar-refractivity contribution in [2.75, 3.05) is 47.5 Å². The standard InChI is InChI=1S/C29H33N5O6/c1-37-24-16-19(17-25(38-2)26(24)39-3)18-33-12-14-34(15-13-33)27(35)20-6-10-23(11-7-20)40-28(36)21-4-8-22(9-5-21)32-29(30)31/h4-11,16-17H,12-15,18H2,1-3H3,(H4,30,31,32). The van der Waals surface area contributed by atoms with Crippen molar-refractivity contribution < 1.29 is 28.5 Å². The average Bonchev–Trinajstić information content (AvgIpc) is 2.97. The van der Waals surface area contributed by atoms with E-state index in [-0.39, 0.29) is 11.9 Å². The van der Waals surface area contributed by atoms with Crippen LogP contribution in [0.3, 0.4) is 0 Å². The van der Waals surface area contributed by atoms with E-state index < -0.39 is 5.97 Å². The number of hydrogen-bond donors (Lipinski definition) is 2. The molecule has 0 atom stereocenters. The molecule has 4 N–H and O–H groups in total. The summed E-state index contributed by atoms with van der Waals surface area (Å²) in [5.41, 5.74) is 13.2. The van der Waals surface area contributed by atoms with Crippen molar-refractivity contribution in [3.05, 3.63) is 77.4 Å². The first-order valence-electron chi connectivity index (χ1n) is 12.6. The van der Waals surface area contributed by atoms with Gasteiger partial charge in [0, 0.05) is 38.3 Å². The molecule has 4 rings (SSSR count). The van der Waals surface area contributed by atoms with Crippen molar-refractivity contribution in [1.29, 1.82) is 0 Å². The zero-order chi connectivity index (χ0) is 28.6. The molecule has 0 spiro atoms. The number of esters is 1. The van der Waals surface area contributed by atoms with Crippen LogP contribution < -0.4 is 30.4 Å². The van der Waals surface area contributed by atoms with Gasteiger partial charge in [0.05, 0.1) is 32.6 Å². The summed E-state index contributed by atoms with van der Waals surface area (Å²) in [6.45, 7) is 3.32. The molecule has 210 valence electrons. The number of ether oxygens (including phenoxy) is 4. The molecule has 1 aliphatic rings. The Morgan fingerprint density at radius 2 is 1.38 bits per heavy atom. The SMILES string of the molecule is COc1cc(CN2CCN(C(=O)c3ccc(OC(=O)c4ccc(N=C(N)N)cc4)cc3)CC2)cc(OC)c1OC. The first-order chi connectivity index (χ1) is 19.3. The van der Waals surface area contributed by atoms with Crippen molar-refractivity contribution in [2.45, 2.75) is 6.54 Å². The predicted octanol–water partition coefficient (Wildman–Crippen LogP) is 2.79. The summed E-state index contributed by atoms with van der Waals surface area (Å²) in [6.07, 6.45) is 0. The summed E-state index contributed by atoms with van der Waals surface area (Å²) in [7, 11) is 4.77. The number of aliphatic imine (C=N–C) groups is 1. The monoisotopic (exact) mass is 547 g/mol. The molecule has 1 fully saturated rings. The minimum atomic E-state index is -0.529. The fourth-order valence-electron chi connectivity index (χ4n) is 4.43. The highest BCUT2D eigenvalue weighted by Gasteiger charge is 2.23. The minimum absolute atomic E-state index is 0.0671. The normalized spacial score (nSPS) is 13.3. The average molecular weight is 548 g/mol. The zero-order valence-corrected chi connectivity index (χ0v) is 22.8. The lowest BCUT2D eigenvalue weighted by molar-refractivity contribution is 0.0628. The molecule has 40 heavy (non-hydrogen) atoms. The highest BCUT2D eigenvalue weighted by molar-refractivity contribution is 5.95. The number of carbonyl (C=O) groups excluding carboxylic acids is 2. The summed E-state index contributed by atoms with van der Waals surface area (Å²) in [4.78, 5) is 33.6. The smallest absolute Gasteiger partial charge is 0.343 e. The van der Waals surface area contributed by atoms with Gasteiger partial charge in [-0.3, -0.25) is 9.69 Å². The third-order valence-corrected chi connectivity index (χ3v) is 6.46. The van der Waals surface area contributed by atoms with Gasteiger partial charge < -0.3 is 35.3 Å². The molecule has 11 heteroatoms. The number of benzene rings is 3. The van der Waals surface area contributed by atoms with E-state index >= 15 is 0 Å². The highest BCUT2D eigenvalue weighted by Crippen LogP contribution is 2.38. The molecule has 1 aliphatic heterocycles. The molecule has 11 nitrogen and oxygen atoms in total. The van der Waals surface area contributed by atoms with Crippen LogP contribution in [0.25, 0.3) is 0 Å². The molecule has 0 saturated carbocycles. The van der Waals surface area contributed by atoms with Gasteiger partial charge in [0.2, 0.25) is 5.75 Å². The van der Waals surface area contributed by atoms with Crippen LogP contribution in [0.2, 0.25) is 0 Å². The molecule has 1 saturated heterocycles. The molecule has 3 aromatic rings. The Bertz CT molecular complexity index is 1340. The van der Waals surface area contributed by atoms with E-state index in [0.29, 0.717) is 59.4 Å². The topological polar surface area (TPSA) is 142 Å². The first kappa shape index (κ1) is 28.2. The number of hydrogen-bond acceptors (Lipinski definition) is 8. The fraction of sp³-hybridized carbons (Fsp3) is 0.276. The molecule has 1 amide bonds. The first-order valence-corrected chi connectivity index (χ1v) is 12.6. The van der Waals surface area contributed by atoms with Gasteiger partial charge in [-0.1, -0.05) is 0 Å². The van der Waals surface area contributed by atoms with Crippen molar-refractivity contribution in [1.82, 2.24) is 9.80 Å². The minimum Gasteiger partial charge on any atom is -0.493 e. The van der Waals surface area contributed by atoms with Crippen LogP contribution in [0, 0.1) is 0 Å². The van der Waals surface area contributed by atoms with Gasteiger partial charge in [-0.15, -0.1) is 0 Å². The van der Waals surface area contributed by atoms with E-state index in [4.69, 9.17) is 30.4 Å². The lowest BCUT2D eigenvalue weighted by Gasteiger charge is -2.35. The number of nitrogens with two attached hydrogens (primary N) is 2. The van der Waals surface area contributed by atoms with Crippen LogP contribution in [0.15, 0.2) is 65.7 Å². The second kappa shape index (κ2) is 12.9. The molecule has 0 radical (unpaired) electrons. The van der Waals surface area contributed by atoms with Crippen molar-refractivity contribution in [2.24, 2.45) is 16.5 Å². The van der Waals surface area contributed by atoms with E-state index in [0.717, 1.165) is 18.7 Å². The van der Waals surface area contributed by atoms with Crippen molar-refractivity contribution in [3.8, 4) is 23.0 Å². The highest BCUT2D eigenvalue weighted by atomic mass is 16.5. The molecular formula is C29H33N5O6. The number of rotatable bonds is 9. The Balaban J connectivity index is 1.31. The lowest BCUT2D eigenvalue weighted by Crippen LogP contribution is -2.48. The predicted molar refractivity (Wildman–Crippen MR) is 151 cm³/mol. The molecule has 0 aliphatic carbocycles. The van der Waals surface area contributed by atoms with Gasteiger partial charge >= 0.3 is 5.97 Å². The van der Waals surface area contributed by atoms with Gasteiger partial charge in [-0.2, -0.15) is 0 Å². The van der Waals surface area contributed by atoms with Crippen molar-refractivity contribution in [3.63, 3.8) is 0 Å². The Labute approximate surface area is 232 Å². The maximum atomic E-state index is 13.1. The molecular weight excluding hydrogens is 514 g/mol. The second-order valence-electron chi connectivity index (χ2n) is 9.10. The number of guanidine groups is 1. The molecule has 0 bridgehead atoms. The van der Waals surface area contributed by atoms with E-state index in [2.05, 4.69) is 9.89 Å². The van der Waals surface area contributed by atoms with Crippen LogP contribution in [0.5, 0.6) is 23.0 Å². The van der Waals surface area contributed by atoms with Gasteiger partial charge in [0.25, 0.3) is 5.91 Å². The number of methoxy groups -OCH3 is 3. The van der Waals surface area contributed by atoms with E-state index in [9.17, 15) is 9.59 Å². The summed E-state index contributed by atoms with van der Waals surface area (Å²) >= 11 is 0. The van der Waals surface area contributed by atoms with E-state index in [1.54, 1.807) is 69.9 Å². The summed E-state index contributed by atoms with van der Waals surface area (Å²) in [5, 5.41) is 0. The van der Waals surface area contributed by atoms with Crippen LogP contribution in [0.4, 0.5) is 5.69 Å². The van der Waals surface area contributed by atoms with Crippen LogP contribution in [-0.2, 0) is 6.54 Å². The quantitative estimate of drug-likeness (QED) is 0.179. The summed E-state index contributed by atoms with van der Waals surface area (Å²) in [6, 6.07) is 16.8. The molecule has 0 unspecified atom stereocenters. The summed E-state index contributed by atoms with van der Waals surface area (Å²) < 4.78 is 21.8. The van der Waals surface area contributed by atoms with Gasteiger partial charge in [-0.25, -0.2) is 9.79 Å². The number of nitrogens with zero attached hydrogens (tertiary/aromatic N) is 3. The molecule has 1 heterocycles. The molecule has 3 aromatic carbocycles. The number of amides is 1. The molecule has 0 aromatic heterocycles. The maximum Gasteiger partial charge on any atom is 0.343 e. The summed E-state index contributed by atoms with van der Waals surface area (Å²) in [5.74, 6) is 1.45. The van der Waals surface area contributed by atoms with Gasteiger partial charge in [0.1, 0.15) is 5.75 Å². The van der Waals surface area contributed by atoms with Gasteiger partial charge in [0.15, 0.2) is 17.5 Å². The Morgan fingerprint density at radius 1 is 0.800 bits per heavy atom. The van der Waals surface area contributed by atoms with E-state index in [1.807, 2.05) is 17.0 Å². The van der Waals surface area contributed by atoms with Crippen molar-refractivity contribution >= 4 is 23.5 Å². The Kier molecular flexibility index (Phi) is 9.07. The van der Waals surface area contributed by atoms with E-state index in [1.165, 1.54) is 0 Å². The fourth-order valence-corrected chi connectivity index (χ4v) is 4.43. The van der Waals surface area contributed by atoms with Crippen LogP contribution in [0.1, 0.15) is 26.3 Å².